The number of furan rings is 1. The van der Waals surface area contributed by atoms with Gasteiger partial charge in [0.15, 0.2) is 5.78 Å². The second-order valence-electron chi connectivity index (χ2n) is 5.81. The van der Waals surface area contributed by atoms with E-state index in [1.165, 1.54) is 19.4 Å². The molecule has 0 aliphatic heterocycles. The van der Waals surface area contributed by atoms with E-state index in [-0.39, 0.29) is 11.8 Å². The summed E-state index contributed by atoms with van der Waals surface area (Å²) in [5.74, 6) is 1.13. The topological polar surface area (TPSA) is 56.5 Å². The van der Waals surface area contributed by atoms with Crippen molar-refractivity contribution in [2.75, 3.05) is 6.61 Å². The van der Waals surface area contributed by atoms with E-state index in [1.54, 1.807) is 19.9 Å². The minimum Gasteiger partial charge on any atom is -0.462 e. The standard InChI is InChI=1S/C18H24O4/c1-4-21-18(20)16-13(3)22-15(11-10-12(2)19)17(16)14-8-6-5-7-9-14/h10-11,14H,4-9H2,1-3H3/b11-10+. The van der Waals surface area contributed by atoms with Gasteiger partial charge in [-0.05, 0) is 51.7 Å². The van der Waals surface area contributed by atoms with Crippen molar-refractivity contribution in [3.8, 4) is 0 Å². The predicted molar refractivity (Wildman–Crippen MR) is 84.9 cm³/mol. The summed E-state index contributed by atoms with van der Waals surface area (Å²) in [6.45, 7) is 5.42. The van der Waals surface area contributed by atoms with E-state index in [1.807, 2.05) is 0 Å². The molecule has 1 aromatic heterocycles. The molecule has 1 saturated carbocycles. The third-order valence-corrected chi connectivity index (χ3v) is 4.11. The molecule has 0 N–H and O–H groups in total. The first-order valence-electron chi connectivity index (χ1n) is 8.03. The number of esters is 1. The highest BCUT2D eigenvalue weighted by molar-refractivity contribution is 5.95. The molecule has 1 aliphatic rings. The van der Waals surface area contributed by atoms with Crippen LogP contribution in [0.15, 0.2) is 10.5 Å². The minimum absolute atomic E-state index is 0.0404. The van der Waals surface area contributed by atoms with Crippen LogP contribution < -0.4 is 0 Å². The molecule has 0 saturated heterocycles. The van der Waals surface area contributed by atoms with Gasteiger partial charge in [-0.25, -0.2) is 4.79 Å². The zero-order valence-corrected chi connectivity index (χ0v) is 13.6. The molecule has 0 unspecified atom stereocenters. The first kappa shape index (κ1) is 16.5. The van der Waals surface area contributed by atoms with Gasteiger partial charge in [-0.15, -0.1) is 0 Å². The van der Waals surface area contributed by atoms with Crippen LogP contribution in [0.4, 0.5) is 0 Å². The molecule has 0 radical (unpaired) electrons. The van der Waals surface area contributed by atoms with E-state index in [4.69, 9.17) is 9.15 Å². The maximum Gasteiger partial charge on any atom is 0.341 e. The lowest BCUT2D eigenvalue weighted by Crippen LogP contribution is -2.13. The third-order valence-electron chi connectivity index (χ3n) is 4.11. The van der Waals surface area contributed by atoms with Crippen LogP contribution in [0.3, 0.4) is 0 Å². The molecule has 4 heteroatoms. The van der Waals surface area contributed by atoms with E-state index in [0.717, 1.165) is 31.2 Å². The van der Waals surface area contributed by atoms with Crippen molar-refractivity contribution in [2.45, 2.75) is 58.8 Å². The van der Waals surface area contributed by atoms with Crippen molar-refractivity contribution in [1.29, 1.82) is 0 Å². The summed E-state index contributed by atoms with van der Waals surface area (Å²) in [4.78, 5) is 23.5. The summed E-state index contributed by atoms with van der Waals surface area (Å²) < 4.78 is 11.0. The average molecular weight is 304 g/mol. The van der Waals surface area contributed by atoms with Gasteiger partial charge in [-0.3, -0.25) is 4.79 Å². The Bertz CT molecular complexity index is 574. The maximum atomic E-state index is 12.3. The number of aryl methyl sites for hydroxylation is 1. The number of hydrogen-bond donors (Lipinski definition) is 0. The van der Waals surface area contributed by atoms with Crippen LogP contribution in [-0.4, -0.2) is 18.4 Å². The second-order valence-corrected chi connectivity index (χ2v) is 5.81. The molecule has 1 heterocycles. The number of carbonyl (C=O) groups is 2. The van der Waals surface area contributed by atoms with Gasteiger partial charge in [0.05, 0.1) is 6.61 Å². The second kappa shape index (κ2) is 7.43. The fraction of sp³-hybridized carbons (Fsp3) is 0.556. The van der Waals surface area contributed by atoms with Crippen molar-refractivity contribution >= 4 is 17.8 Å². The first-order valence-corrected chi connectivity index (χ1v) is 8.03. The van der Waals surface area contributed by atoms with Crippen LogP contribution in [0.25, 0.3) is 6.08 Å². The van der Waals surface area contributed by atoms with E-state index >= 15 is 0 Å². The van der Waals surface area contributed by atoms with Crippen LogP contribution in [-0.2, 0) is 9.53 Å². The Morgan fingerprint density at radius 3 is 2.55 bits per heavy atom. The van der Waals surface area contributed by atoms with Gasteiger partial charge < -0.3 is 9.15 Å². The number of carbonyl (C=O) groups excluding carboxylic acids is 2. The van der Waals surface area contributed by atoms with Crippen LogP contribution in [0, 0.1) is 6.92 Å². The number of ether oxygens (including phenoxy) is 1. The highest BCUT2D eigenvalue weighted by Crippen LogP contribution is 2.39. The van der Waals surface area contributed by atoms with Gasteiger partial charge in [-0.1, -0.05) is 19.3 Å². The normalized spacial score (nSPS) is 16.1. The van der Waals surface area contributed by atoms with Crippen molar-refractivity contribution in [3.63, 3.8) is 0 Å². The predicted octanol–water partition coefficient (Wildman–Crippen LogP) is 4.41. The molecule has 120 valence electrons. The summed E-state index contributed by atoms with van der Waals surface area (Å²) in [5.41, 5.74) is 1.48. The molecular formula is C18H24O4. The van der Waals surface area contributed by atoms with Crippen LogP contribution >= 0.6 is 0 Å². The van der Waals surface area contributed by atoms with Crippen LogP contribution in [0.1, 0.15) is 79.3 Å². The molecule has 4 nitrogen and oxygen atoms in total. The first-order chi connectivity index (χ1) is 10.5. The molecule has 22 heavy (non-hydrogen) atoms. The minimum atomic E-state index is -0.327. The molecule has 0 bridgehead atoms. The Balaban J connectivity index is 2.46. The van der Waals surface area contributed by atoms with Crippen molar-refractivity contribution in [2.24, 2.45) is 0 Å². The van der Waals surface area contributed by atoms with E-state index in [0.29, 0.717) is 29.6 Å². The average Bonchev–Trinajstić information content (AvgIpc) is 2.83. The summed E-state index contributed by atoms with van der Waals surface area (Å²) >= 11 is 0. The van der Waals surface area contributed by atoms with Gasteiger partial charge in [0, 0.05) is 5.56 Å². The molecule has 0 amide bonds. The molecule has 1 aliphatic carbocycles. The highest BCUT2D eigenvalue weighted by atomic mass is 16.5. The van der Waals surface area contributed by atoms with E-state index in [2.05, 4.69) is 0 Å². The molecule has 1 aromatic rings. The van der Waals surface area contributed by atoms with Crippen molar-refractivity contribution < 1.29 is 18.7 Å². The number of hydrogen-bond acceptors (Lipinski definition) is 4. The molecule has 0 aromatic carbocycles. The molecular weight excluding hydrogens is 280 g/mol. The van der Waals surface area contributed by atoms with Crippen LogP contribution in [0.2, 0.25) is 0 Å². The van der Waals surface area contributed by atoms with E-state index < -0.39 is 0 Å². The smallest absolute Gasteiger partial charge is 0.341 e. The van der Waals surface area contributed by atoms with Gasteiger partial charge in [0.1, 0.15) is 17.1 Å². The third kappa shape index (κ3) is 3.67. The summed E-state index contributed by atoms with van der Waals surface area (Å²) in [5, 5.41) is 0. The summed E-state index contributed by atoms with van der Waals surface area (Å²) in [6, 6.07) is 0. The monoisotopic (exact) mass is 304 g/mol. The zero-order valence-electron chi connectivity index (χ0n) is 13.6. The lowest BCUT2D eigenvalue weighted by Gasteiger charge is -2.22. The Morgan fingerprint density at radius 1 is 1.27 bits per heavy atom. The van der Waals surface area contributed by atoms with Gasteiger partial charge in [0.2, 0.25) is 0 Å². The Hall–Kier alpha value is -1.84. The number of allylic oxidation sites excluding steroid dienone is 1. The lowest BCUT2D eigenvalue weighted by molar-refractivity contribution is -0.112. The Labute approximate surface area is 131 Å². The van der Waals surface area contributed by atoms with Crippen LogP contribution in [0.5, 0.6) is 0 Å². The van der Waals surface area contributed by atoms with Crippen molar-refractivity contribution in [3.05, 3.63) is 28.7 Å². The largest absolute Gasteiger partial charge is 0.462 e. The SMILES string of the molecule is CCOC(=O)c1c(C)oc(/C=C/C(C)=O)c1C1CCCCC1. The fourth-order valence-corrected chi connectivity index (χ4v) is 3.15. The van der Waals surface area contributed by atoms with Crippen molar-refractivity contribution in [1.82, 2.24) is 0 Å². The van der Waals surface area contributed by atoms with E-state index in [9.17, 15) is 9.59 Å². The Kier molecular flexibility index (Phi) is 5.58. The maximum absolute atomic E-state index is 12.3. The quantitative estimate of drug-likeness (QED) is 0.597. The number of rotatable bonds is 5. The molecule has 0 spiro atoms. The summed E-state index contributed by atoms with van der Waals surface area (Å²) in [6.07, 6.45) is 8.82. The molecule has 0 atom stereocenters. The fourth-order valence-electron chi connectivity index (χ4n) is 3.15. The zero-order chi connectivity index (χ0) is 16.1. The Morgan fingerprint density at radius 2 is 1.95 bits per heavy atom. The molecule has 2 rings (SSSR count). The molecule has 1 fully saturated rings. The van der Waals surface area contributed by atoms with Gasteiger partial charge >= 0.3 is 5.97 Å². The summed E-state index contributed by atoms with van der Waals surface area (Å²) in [7, 11) is 0. The van der Waals surface area contributed by atoms with Gasteiger partial charge in [0.25, 0.3) is 0 Å². The highest BCUT2D eigenvalue weighted by Gasteiger charge is 2.29. The number of ketones is 1. The lowest BCUT2D eigenvalue weighted by atomic mass is 9.82. The van der Waals surface area contributed by atoms with Gasteiger partial charge in [-0.2, -0.15) is 0 Å².